The Bertz CT molecular complexity index is 365. The average Bonchev–Trinajstić information content (AvgIpc) is 2.81. The first kappa shape index (κ1) is 7.96. The number of hydrogen-bond donors (Lipinski definition) is 1. The first-order chi connectivity index (χ1) is 6.84. The van der Waals surface area contributed by atoms with Gasteiger partial charge in [0.15, 0.2) is 0 Å². The Kier molecular flexibility index (Phi) is 1.59. The molecule has 5 nitrogen and oxygen atoms in total. The van der Waals surface area contributed by atoms with Crippen LogP contribution >= 0.6 is 0 Å². The molecule has 1 aliphatic heterocycles. The van der Waals surface area contributed by atoms with Gasteiger partial charge in [-0.25, -0.2) is 4.98 Å². The van der Waals surface area contributed by atoms with Gasteiger partial charge in [-0.3, -0.25) is 9.89 Å². The third kappa shape index (κ3) is 1.20. The summed E-state index contributed by atoms with van der Waals surface area (Å²) in [6.07, 6.45) is 3.45. The van der Waals surface area contributed by atoms with Gasteiger partial charge in [0.25, 0.3) is 5.91 Å². The summed E-state index contributed by atoms with van der Waals surface area (Å²) in [5.41, 5.74) is 0. The number of carbonyl (C=O) groups excluding carboxylic acids is 1. The van der Waals surface area contributed by atoms with E-state index >= 15 is 0 Å². The molecule has 0 atom stereocenters. The van der Waals surface area contributed by atoms with Gasteiger partial charge in [0, 0.05) is 19.0 Å². The Morgan fingerprint density at radius 3 is 2.79 bits per heavy atom. The minimum atomic E-state index is -0.0283. The normalized spacial score (nSPS) is 20.7. The fourth-order valence-electron chi connectivity index (χ4n) is 1.57. The van der Waals surface area contributed by atoms with E-state index < -0.39 is 0 Å². The predicted molar refractivity (Wildman–Crippen MR) is 48.9 cm³/mol. The Balaban J connectivity index is 1.77. The van der Waals surface area contributed by atoms with Gasteiger partial charge in [-0.05, 0) is 19.3 Å². The molecule has 2 aliphatic rings. The van der Waals surface area contributed by atoms with Gasteiger partial charge in [-0.1, -0.05) is 0 Å². The molecule has 1 saturated heterocycles. The monoisotopic (exact) mass is 192 g/mol. The lowest BCUT2D eigenvalue weighted by Gasteiger charge is -2.29. The molecule has 0 spiro atoms. The van der Waals surface area contributed by atoms with Crippen LogP contribution in [0.1, 0.15) is 41.6 Å². The van der Waals surface area contributed by atoms with E-state index in [-0.39, 0.29) is 5.91 Å². The van der Waals surface area contributed by atoms with Crippen molar-refractivity contribution in [3.8, 4) is 0 Å². The van der Waals surface area contributed by atoms with Gasteiger partial charge in [-0.15, -0.1) is 5.10 Å². The van der Waals surface area contributed by atoms with Crippen LogP contribution in [0.4, 0.5) is 0 Å². The van der Waals surface area contributed by atoms with Crippen molar-refractivity contribution in [3.63, 3.8) is 0 Å². The molecule has 1 aromatic rings. The van der Waals surface area contributed by atoms with Crippen LogP contribution in [0.15, 0.2) is 0 Å². The van der Waals surface area contributed by atoms with Gasteiger partial charge in [0.2, 0.25) is 5.82 Å². The Morgan fingerprint density at radius 1 is 1.43 bits per heavy atom. The van der Waals surface area contributed by atoms with E-state index in [9.17, 15) is 4.79 Å². The Labute approximate surface area is 81.5 Å². The van der Waals surface area contributed by atoms with Crippen molar-refractivity contribution in [1.29, 1.82) is 0 Å². The van der Waals surface area contributed by atoms with Crippen molar-refractivity contribution in [1.82, 2.24) is 20.1 Å². The molecular weight excluding hydrogens is 180 g/mol. The highest BCUT2D eigenvalue weighted by atomic mass is 16.2. The second kappa shape index (κ2) is 2.80. The molecule has 2 heterocycles. The maximum atomic E-state index is 11.7. The second-order valence-electron chi connectivity index (χ2n) is 3.96. The van der Waals surface area contributed by atoms with E-state index in [0.717, 1.165) is 25.3 Å². The summed E-state index contributed by atoms with van der Waals surface area (Å²) in [4.78, 5) is 17.7. The van der Waals surface area contributed by atoms with Crippen LogP contribution in [-0.4, -0.2) is 39.1 Å². The number of amides is 1. The van der Waals surface area contributed by atoms with Crippen LogP contribution in [0.2, 0.25) is 0 Å². The largest absolute Gasteiger partial charge is 0.336 e. The molecule has 5 heteroatoms. The summed E-state index contributed by atoms with van der Waals surface area (Å²) in [6, 6.07) is 0. The summed E-state index contributed by atoms with van der Waals surface area (Å²) in [5, 5.41) is 6.80. The van der Waals surface area contributed by atoms with Crippen molar-refractivity contribution in [2.75, 3.05) is 13.1 Å². The minimum absolute atomic E-state index is 0.0283. The van der Waals surface area contributed by atoms with Crippen LogP contribution in [0.25, 0.3) is 0 Å². The number of carbonyl (C=O) groups is 1. The van der Waals surface area contributed by atoms with E-state index in [2.05, 4.69) is 15.2 Å². The Morgan fingerprint density at radius 2 is 2.21 bits per heavy atom. The van der Waals surface area contributed by atoms with E-state index in [1.165, 1.54) is 12.8 Å². The molecule has 0 radical (unpaired) electrons. The number of nitrogens with zero attached hydrogens (tertiary/aromatic N) is 3. The molecule has 0 aromatic carbocycles. The number of rotatable bonds is 2. The average molecular weight is 192 g/mol. The van der Waals surface area contributed by atoms with Crippen molar-refractivity contribution < 1.29 is 4.79 Å². The third-order valence-corrected chi connectivity index (χ3v) is 2.80. The number of aromatic amines is 1. The number of aromatic nitrogens is 3. The maximum Gasteiger partial charge on any atom is 0.293 e. The number of H-pyrrole nitrogens is 1. The molecular formula is C9H12N4O. The standard InChI is InChI=1S/C9H12N4O/c14-9(13-4-1-5-13)8-10-7(11-12-8)6-2-3-6/h6H,1-5H2,(H,10,11,12). The van der Waals surface area contributed by atoms with Gasteiger partial charge in [0.05, 0.1) is 0 Å². The molecule has 1 N–H and O–H groups in total. The number of nitrogens with one attached hydrogen (secondary N) is 1. The molecule has 0 unspecified atom stereocenters. The molecule has 1 aromatic heterocycles. The van der Waals surface area contributed by atoms with Crippen LogP contribution < -0.4 is 0 Å². The number of hydrogen-bond acceptors (Lipinski definition) is 3. The van der Waals surface area contributed by atoms with Crippen molar-refractivity contribution in [3.05, 3.63) is 11.6 Å². The molecule has 0 bridgehead atoms. The fourth-order valence-corrected chi connectivity index (χ4v) is 1.57. The van der Waals surface area contributed by atoms with Crippen molar-refractivity contribution in [2.24, 2.45) is 0 Å². The van der Waals surface area contributed by atoms with Gasteiger partial charge >= 0.3 is 0 Å². The molecule has 2 fully saturated rings. The van der Waals surface area contributed by atoms with Crippen LogP contribution in [-0.2, 0) is 0 Å². The van der Waals surface area contributed by atoms with Crippen molar-refractivity contribution in [2.45, 2.75) is 25.2 Å². The summed E-state index contributed by atoms with van der Waals surface area (Å²) in [7, 11) is 0. The third-order valence-electron chi connectivity index (χ3n) is 2.80. The quantitative estimate of drug-likeness (QED) is 0.743. The second-order valence-corrected chi connectivity index (χ2v) is 3.96. The summed E-state index contributed by atoms with van der Waals surface area (Å²) in [6.45, 7) is 1.71. The van der Waals surface area contributed by atoms with E-state index in [1.54, 1.807) is 4.90 Å². The highest BCUT2D eigenvalue weighted by Gasteiger charge is 2.30. The summed E-state index contributed by atoms with van der Waals surface area (Å²) < 4.78 is 0. The molecule has 1 aliphatic carbocycles. The fraction of sp³-hybridized carbons (Fsp3) is 0.667. The maximum absolute atomic E-state index is 11.7. The smallest absolute Gasteiger partial charge is 0.293 e. The van der Waals surface area contributed by atoms with Crippen molar-refractivity contribution >= 4 is 5.91 Å². The van der Waals surface area contributed by atoms with E-state index in [0.29, 0.717) is 11.7 Å². The van der Waals surface area contributed by atoms with E-state index in [1.807, 2.05) is 0 Å². The zero-order chi connectivity index (χ0) is 9.54. The first-order valence-electron chi connectivity index (χ1n) is 5.06. The Hall–Kier alpha value is -1.39. The summed E-state index contributed by atoms with van der Waals surface area (Å²) in [5.74, 6) is 1.72. The highest BCUT2D eigenvalue weighted by molar-refractivity contribution is 5.90. The lowest BCUT2D eigenvalue weighted by Crippen LogP contribution is -2.42. The summed E-state index contributed by atoms with van der Waals surface area (Å²) >= 11 is 0. The lowest BCUT2D eigenvalue weighted by molar-refractivity contribution is 0.0639. The van der Waals surface area contributed by atoms with Crippen LogP contribution in [0, 0.1) is 0 Å². The number of likely N-dealkylation sites (tertiary alicyclic amines) is 1. The molecule has 14 heavy (non-hydrogen) atoms. The highest BCUT2D eigenvalue weighted by Crippen LogP contribution is 2.37. The molecule has 1 saturated carbocycles. The van der Waals surface area contributed by atoms with Gasteiger partial charge in [0.1, 0.15) is 5.82 Å². The first-order valence-corrected chi connectivity index (χ1v) is 5.06. The zero-order valence-corrected chi connectivity index (χ0v) is 7.86. The SMILES string of the molecule is O=C(c1n[nH]c(C2CC2)n1)N1CCC1. The molecule has 3 rings (SSSR count). The topological polar surface area (TPSA) is 61.9 Å². The van der Waals surface area contributed by atoms with Gasteiger partial charge in [-0.2, -0.15) is 0 Å². The van der Waals surface area contributed by atoms with E-state index in [4.69, 9.17) is 0 Å². The predicted octanol–water partition coefficient (Wildman–Crippen LogP) is 0.528. The zero-order valence-electron chi connectivity index (χ0n) is 7.86. The van der Waals surface area contributed by atoms with Crippen LogP contribution in [0.5, 0.6) is 0 Å². The van der Waals surface area contributed by atoms with Crippen LogP contribution in [0.3, 0.4) is 0 Å². The molecule has 1 amide bonds. The minimum Gasteiger partial charge on any atom is -0.336 e. The molecule has 74 valence electrons. The van der Waals surface area contributed by atoms with Gasteiger partial charge < -0.3 is 4.90 Å². The lowest BCUT2D eigenvalue weighted by atomic mass is 10.2.